The molecule has 0 fully saturated rings. The van der Waals surface area contributed by atoms with Crippen LogP contribution in [0.3, 0.4) is 0 Å². The average Bonchev–Trinajstić information content (AvgIpc) is 2.28. The third-order valence-corrected chi connectivity index (χ3v) is 2.36. The van der Waals surface area contributed by atoms with Gasteiger partial charge in [-0.25, -0.2) is 0 Å². The van der Waals surface area contributed by atoms with E-state index in [-0.39, 0.29) is 5.91 Å². The van der Waals surface area contributed by atoms with Gasteiger partial charge in [-0.3, -0.25) is 4.79 Å². The van der Waals surface area contributed by atoms with Gasteiger partial charge in [0.25, 0.3) is 5.91 Å². The Morgan fingerprint density at radius 3 is 2.50 bits per heavy atom. The second-order valence-corrected chi connectivity index (χ2v) is 3.80. The largest absolute Gasteiger partial charge is 0.481 e. The Balaban J connectivity index is 2.62. The summed E-state index contributed by atoms with van der Waals surface area (Å²) in [5.41, 5.74) is 0. The normalized spacial score (nSPS) is 11.9. The minimum absolute atomic E-state index is 0.0834. The molecule has 1 N–H and O–H groups in total. The van der Waals surface area contributed by atoms with E-state index in [1.54, 1.807) is 24.3 Å². The molecular weight excluding hydrogens is 226 g/mol. The molecule has 0 aliphatic heterocycles. The number of nitrogens with one attached hydrogen (secondary N) is 1. The molecule has 0 aliphatic carbocycles. The van der Waals surface area contributed by atoms with E-state index in [9.17, 15) is 4.79 Å². The number of hydrogen-bond donors (Lipinski definition) is 1. The van der Waals surface area contributed by atoms with E-state index in [0.29, 0.717) is 23.7 Å². The molecule has 0 saturated heterocycles. The van der Waals surface area contributed by atoms with E-state index >= 15 is 0 Å². The highest BCUT2D eigenvalue weighted by Crippen LogP contribution is 2.17. The average molecular weight is 242 g/mol. The summed E-state index contributed by atoms with van der Waals surface area (Å²) in [5, 5.41) is 3.39. The molecule has 16 heavy (non-hydrogen) atoms. The van der Waals surface area contributed by atoms with Crippen molar-refractivity contribution in [2.45, 2.75) is 26.4 Å². The van der Waals surface area contributed by atoms with Crippen molar-refractivity contribution >= 4 is 17.5 Å². The molecule has 0 saturated carbocycles. The van der Waals surface area contributed by atoms with Gasteiger partial charge in [-0.05, 0) is 37.6 Å². The van der Waals surface area contributed by atoms with Gasteiger partial charge >= 0.3 is 0 Å². The number of hydrogen-bond acceptors (Lipinski definition) is 2. The van der Waals surface area contributed by atoms with Crippen molar-refractivity contribution in [2.75, 3.05) is 6.54 Å². The fraction of sp³-hybridized carbons (Fsp3) is 0.417. The number of halogens is 1. The quantitative estimate of drug-likeness (QED) is 0.861. The third kappa shape index (κ3) is 3.74. The zero-order chi connectivity index (χ0) is 12.0. The van der Waals surface area contributed by atoms with Crippen LogP contribution in [-0.4, -0.2) is 18.6 Å². The van der Waals surface area contributed by atoms with E-state index in [0.717, 1.165) is 0 Å². The van der Waals surface area contributed by atoms with E-state index in [2.05, 4.69) is 5.32 Å². The molecule has 0 aliphatic rings. The number of carbonyl (C=O) groups is 1. The van der Waals surface area contributed by atoms with Gasteiger partial charge in [0.1, 0.15) is 5.75 Å². The minimum atomic E-state index is -0.443. The summed E-state index contributed by atoms with van der Waals surface area (Å²) in [5.74, 6) is 0.572. The summed E-state index contributed by atoms with van der Waals surface area (Å²) >= 11 is 5.76. The fourth-order valence-corrected chi connectivity index (χ4v) is 1.41. The molecule has 1 aromatic carbocycles. The lowest BCUT2D eigenvalue weighted by Gasteiger charge is -2.16. The maximum Gasteiger partial charge on any atom is 0.261 e. The van der Waals surface area contributed by atoms with Crippen molar-refractivity contribution in [1.29, 1.82) is 0 Å². The number of amides is 1. The smallest absolute Gasteiger partial charge is 0.261 e. The minimum Gasteiger partial charge on any atom is -0.481 e. The molecule has 1 atom stereocenters. The van der Waals surface area contributed by atoms with Crippen LogP contribution in [0.15, 0.2) is 24.3 Å². The molecule has 88 valence electrons. The van der Waals surface area contributed by atoms with Gasteiger partial charge in [-0.1, -0.05) is 18.5 Å². The molecule has 1 rings (SSSR count). The Hall–Kier alpha value is -1.22. The van der Waals surface area contributed by atoms with Crippen molar-refractivity contribution in [3.63, 3.8) is 0 Å². The van der Waals surface area contributed by atoms with Gasteiger partial charge in [0.2, 0.25) is 0 Å². The summed E-state index contributed by atoms with van der Waals surface area (Å²) in [6, 6.07) is 6.98. The summed E-state index contributed by atoms with van der Waals surface area (Å²) in [4.78, 5) is 11.6. The second kappa shape index (κ2) is 6.38. The highest BCUT2D eigenvalue weighted by atomic mass is 35.5. The van der Waals surface area contributed by atoms with Crippen LogP contribution in [0.1, 0.15) is 20.3 Å². The van der Waals surface area contributed by atoms with Gasteiger partial charge < -0.3 is 10.1 Å². The van der Waals surface area contributed by atoms with Gasteiger partial charge in [0.15, 0.2) is 6.10 Å². The van der Waals surface area contributed by atoms with E-state index < -0.39 is 6.10 Å². The highest BCUT2D eigenvalue weighted by molar-refractivity contribution is 6.30. The zero-order valence-corrected chi connectivity index (χ0v) is 10.3. The van der Waals surface area contributed by atoms with Crippen LogP contribution in [0.2, 0.25) is 5.02 Å². The van der Waals surface area contributed by atoms with Crippen molar-refractivity contribution in [1.82, 2.24) is 5.32 Å². The van der Waals surface area contributed by atoms with Crippen LogP contribution in [-0.2, 0) is 4.79 Å². The number of carbonyl (C=O) groups excluding carboxylic acids is 1. The van der Waals surface area contributed by atoms with Gasteiger partial charge in [-0.15, -0.1) is 0 Å². The third-order valence-electron chi connectivity index (χ3n) is 2.11. The summed E-state index contributed by atoms with van der Waals surface area (Å²) in [7, 11) is 0. The SMILES string of the molecule is CCNC(=O)C(CC)Oc1ccc(Cl)cc1. The second-order valence-electron chi connectivity index (χ2n) is 3.36. The zero-order valence-electron chi connectivity index (χ0n) is 9.50. The lowest BCUT2D eigenvalue weighted by atomic mass is 10.2. The first kappa shape index (κ1) is 12.8. The Morgan fingerprint density at radius 2 is 2.00 bits per heavy atom. The molecular formula is C12H16ClNO2. The Bertz CT molecular complexity index is 337. The van der Waals surface area contributed by atoms with Crippen molar-refractivity contribution in [3.8, 4) is 5.75 Å². The molecule has 0 aromatic heterocycles. The van der Waals surface area contributed by atoms with Crippen molar-refractivity contribution in [3.05, 3.63) is 29.3 Å². The highest BCUT2D eigenvalue weighted by Gasteiger charge is 2.16. The summed E-state index contributed by atoms with van der Waals surface area (Å²) < 4.78 is 5.56. The van der Waals surface area contributed by atoms with E-state index in [4.69, 9.17) is 16.3 Å². The Morgan fingerprint density at radius 1 is 1.38 bits per heavy atom. The predicted octanol–water partition coefficient (Wildman–Crippen LogP) is 2.63. The molecule has 1 unspecified atom stereocenters. The fourth-order valence-electron chi connectivity index (χ4n) is 1.29. The van der Waals surface area contributed by atoms with E-state index in [1.165, 1.54) is 0 Å². The lowest BCUT2D eigenvalue weighted by molar-refractivity contribution is -0.128. The van der Waals surface area contributed by atoms with Gasteiger partial charge in [0.05, 0.1) is 0 Å². The Labute approximate surface area is 101 Å². The van der Waals surface area contributed by atoms with Crippen molar-refractivity contribution < 1.29 is 9.53 Å². The lowest BCUT2D eigenvalue weighted by Crippen LogP contribution is -2.37. The summed E-state index contributed by atoms with van der Waals surface area (Å²) in [6.07, 6.45) is 0.190. The summed E-state index contributed by atoms with van der Waals surface area (Å²) in [6.45, 7) is 4.40. The maximum atomic E-state index is 11.6. The van der Waals surface area contributed by atoms with Crippen molar-refractivity contribution in [2.24, 2.45) is 0 Å². The van der Waals surface area contributed by atoms with Crippen LogP contribution in [0.4, 0.5) is 0 Å². The van der Waals surface area contributed by atoms with Crippen LogP contribution in [0, 0.1) is 0 Å². The van der Waals surface area contributed by atoms with Crippen LogP contribution < -0.4 is 10.1 Å². The molecule has 0 heterocycles. The first-order valence-corrected chi connectivity index (χ1v) is 5.75. The molecule has 1 amide bonds. The molecule has 3 nitrogen and oxygen atoms in total. The first-order chi connectivity index (χ1) is 7.67. The first-order valence-electron chi connectivity index (χ1n) is 5.37. The number of ether oxygens (including phenoxy) is 1. The standard InChI is InChI=1S/C12H16ClNO2/c1-3-11(12(15)14-4-2)16-10-7-5-9(13)6-8-10/h5-8,11H,3-4H2,1-2H3,(H,14,15). The number of likely N-dealkylation sites (N-methyl/N-ethyl adjacent to an activating group) is 1. The number of rotatable bonds is 5. The monoisotopic (exact) mass is 241 g/mol. The van der Waals surface area contributed by atoms with Crippen LogP contribution >= 0.6 is 11.6 Å². The number of benzene rings is 1. The molecule has 1 aromatic rings. The van der Waals surface area contributed by atoms with Crippen LogP contribution in [0.5, 0.6) is 5.75 Å². The molecule has 0 bridgehead atoms. The molecule has 0 spiro atoms. The van der Waals surface area contributed by atoms with Gasteiger partial charge in [0, 0.05) is 11.6 Å². The molecule has 4 heteroatoms. The maximum absolute atomic E-state index is 11.6. The van der Waals surface area contributed by atoms with E-state index in [1.807, 2.05) is 13.8 Å². The predicted molar refractivity (Wildman–Crippen MR) is 64.8 cm³/mol. The van der Waals surface area contributed by atoms with Gasteiger partial charge in [-0.2, -0.15) is 0 Å². The topological polar surface area (TPSA) is 38.3 Å². The van der Waals surface area contributed by atoms with Crippen LogP contribution in [0.25, 0.3) is 0 Å². The molecule has 0 radical (unpaired) electrons. The Kier molecular flexibility index (Phi) is 5.12.